The zero-order chi connectivity index (χ0) is 85.5. The summed E-state index contributed by atoms with van der Waals surface area (Å²) in [6.45, 7) is 47.2. The van der Waals surface area contributed by atoms with Gasteiger partial charge in [-0.05, 0) is 183 Å². The fourth-order valence-corrected chi connectivity index (χ4v) is 16.5. The maximum Gasteiger partial charge on any atom is 0.0725 e. The second-order valence-corrected chi connectivity index (χ2v) is 27.6. The fraction of sp³-hybridized carbons (Fsp3) is 0.263. The smallest absolute Gasteiger partial charge is 0.0725 e. The summed E-state index contributed by atoms with van der Waals surface area (Å²) in [5.74, 6) is 0. The van der Waals surface area contributed by atoms with Crippen LogP contribution in [-0.2, 0) is 23.9 Å². The van der Waals surface area contributed by atoms with Crippen LogP contribution >= 0.6 is 15.9 Å². The molecule has 16 aromatic rings. The summed E-state index contributed by atoms with van der Waals surface area (Å²) in [6.07, 6.45) is 2.50. The molecule has 0 heterocycles. The van der Waals surface area contributed by atoms with Crippen molar-refractivity contribution < 1.29 is 0 Å². The van der Waals surface area contributed by atoms with Crippen molar-refractivity contribution in [1.29, 1.82) is 0 Å². The number of rotatable bonds is 4. The van der Waals surface area contributed by atoms with Crippen LogP contribution in [0.5, 0.6) is 0 Å². The van der Waals surface area contributed by atoms with E-state index in [2.05, 4.69) is 383 Å². The first-order chi connectivity index (χ1) is 57.8. The summed E-state index contributed by atoms with van der Waals surface area (Å²) in [5.41, 5.74) is 30.2. The number of halogens is 1. The lowest BCUT2D eigenvalue weighted by Crippen LogP contribution is -2.25. The third-order valence-corrected chi connectivity index (χ3v) is 20.2. The lowest BCUT2D eigenvalue weighted by atomic mass is 9.70. The largest absolute Gasteiger partial charge is 0.326 e. The monoisotopic (exact) mass is 1610 g/mol. The molecule has 0 amide bonds. The van der Waals surface area contributed by atoms with Crippen LogP contribution in [0.1, 0.15) is 221 Å². The molecule has 0 fully saturated rings. The van der Waals surface area contributed by atoms with E-state index >= 15 is 0 Å². The quantitative estimate of drug-likeness (QED) is 0.136. The fourth-order valence-electron chi connectivity index (χ4n) is 16.5. The van der Waals surface area contributed by atoms with Crippen molar-refractivity contribution in [1.82, 2.24) is 5.32 Å². The summed E-state index contributed by atoms with van der Waals surface area (Å²) in [6, 6.07) is 119. The predicted molar refractivity (Wildman–Crippen MR) is 531 cm³/mol. The lowest BCUT2D eigenvalue weighted by Gasteiger charge is -2.30. The molecule has 117 heavy (non-hydrogen) atoms. The van der Waals surface area contributed by atoms with Crippen LogP contribution in [0.25, 0.3) is 109 Å². The van der Waals surface area contributed by atoms with E-state index < -0.39 is 0 Å². The van der Waals surface area contributed by atoms with Gasteiger partial charge in [0.05, 0.1) is 10.8 Å². The van der Waals surface area contributed by atoms with Crippen LogP contribution in [0.15, 0.2) is 328 Å². The average molecular weight is 1610 g/mol. The Bertz CT molecular complexity index is 5030. The summed E-state index contributed by atoms with van der Waals surface area (Å²) in [7, 11) is 0. The van der Waals surface area contributed by atoms with E-state index in [0.717, 1.165) is 18.4 Å². The van der Waals surface area contributed by atoms with Gasteiger partial charge in [0.1, 0.15) is 0 Å². The second-order valence-electron chi connectivity index (χ2n) is 26.5. The van der Waals surface area contributed by atoms with Crippen molar-refractivity contribution in [2.45, 2.75) is 189 Å². The molecular formula is C114H135BrN2. The van der Waals surface area contributed by atoms with Crippen LogP contribution in [0.4, 0.5) is 0 Å². The molecule has 0 saturated carbocycles. The van der Waals surface area contributed by atoms with Crippen molar-refractivity contribution in [3.8, 4) is 44.5 Å². The Morgan fingerprint density at radius 3 is 0.564 bits per heavy atom. The minimum atomic E-state index is -0.180. The Kier molecular flexibility index (Phi) is 40.3. The third kappa shape index (κ3) is 19.4. The Balaban J connectivity index is 0.000000222. The highest BCUT2D eigenvalue weighted by atomic mass is 79.9. The zero-order valence-corrected chi connectivity index (χ0v) is 76.5. The highest BCUT2D eigenvalue weighted by molar-refractivity contribution is 9.09. The molecule has 4 aliphatic carbocycles. The lowest BCUT2D eigenvalue weighted by molar-refractivity contribution is 0.727. The minimum absolute atomic E-state index is 0.180. The highest BCUT2D eigenvalue weighted by Crippen LogP contribution is 2.64. The van der Waals surface area contributed by atoms with Crippen LogP contribution in [0.3, 0.4) is 0 Å². The Morgan fingerprint density at radius 2 is 0.376 bits per heavy atom. The Hall–Kier alpha value is -10.5. The Morgan fingerprint density at radius 1 is 0.222 bits per heavy atom. The van der Waals surface area contributed by atoms with E-state index in [0.29, 0.717) is 6.54 Å². The van der Waals surface area contributed by atoms with Crippen molar-refractivity contribution in [2.24, 2.45) is 5.73 Å². The van der Waals surface area contributed by atoms with Gasteiger partial charge in [0.25, 0.3) is 0 Å². The molecule has 0 aliphatic heterocycles. The SMILES string of the molecule is CC.CC.CC.CC.CC.CC.CC.CC.CCBr.CCC.CCC.CCNCc1ccc2c3ccccc3c3ccccc3c2c1.NCc1ccc2c3ccccc3c3ccccc3c2c1.c1ccc2c(c1)-c1ccccc1C21c2ccccc2-c2ccccc21.c1ccc2c(c1)-c1ccccc1C21c2ccccc2-c2ccccc21. The summed E-state index contributed by atoms with van der Waals surface area (Å²) in [4.78, 5) is 0. The maximum atomic E-state index is 5.80. The Labute approximate surface area is 715 Å². The van der Waals surface area contributed by atoms with Crippen molar-refractivity contribution in [3.05, 3.63) is 383 Å². The van der Waals surface area contributed by atoms with E-state index in [1.165, 1.54) is 178 Å². The molecule has 3 N–H and O–H groups in total. The van der Waals surface area contributed by atoms with Gasteiger partial charge in [0.2, 0.25) is 0 Å². The number of hydrogen-bond acceptors (Lipinski definition) is 2. The molecule has 0 saturated heterocycles. The van der Waals surface area contributed by atoms with E-state index in [1.54, 1.807) is 0 Å². The number of nitrogens with two attached hydrogens (primary N) is 1. The molecule has 0 radical (unpaired) electrons. The first kappa shape index (κ1) is 95.3. The van der Waals surface area contributed by atoms with Crippen LogP contribution < -0.4 is 11.1 Å². The maximum absolute atomic E-state index is 5.80. The van der Waals surface area contributed by atoms with Gasteiger partial charge >= 0.3 is 0 Å². The molecule has 0 aromatic heterocycles. The highest BCUT2D eigenvalue weighted by Gasteiger charge is 2.52. The molecule has 3 heteroatoms. The van der Waals surface area contributed by atoms with Crippen molar-refractivity contribution in [2.75, 3.05) is 11.9 Å². The topological polar surface area (TPSA) is 38.0 Å². The molecule has 608 valence electrons. The normalized spacial score (nSPS) is 11.3. The van der Waals surface area contributed by atoms with Gasteiger partial charge in [-0.3, -0.25) is 0 Å². The molecule has 2 spiro atoms. The molecule has 4 aliphatic rings. The molecular weight excluding hydrogens is 1480 g/mol. The number of alkyl halides is 1. The van der Waals surface area contributed by atoms with Gasteiger partial charge in [-0.25, -0.2) is 0 Å². The third-order valence-electron chi connectivity index (χ3n) is 20.2. The van der Waals surface area contributed by atoms with Gasteiger partial charge in [-0.1, -0.05) is 497 Å². The predicted octanol–water partition coefficient (Wildman–Crippen LogP) is 34.4. The van der Waals surface area contributed by atoms with Gasteiger partial charge in [-0.2, -0.15) is 0 Å². The molecule has 20 rings (SSSR count). The standard InChI is InChI=1S/2C25H16.C21H19N.C19H15N.2C3H8.C2H5Br.8C2H6/c2*1-5-13-21-17(9-1)18-10-2-6-14-22(18)25(21)23-15-7-3-11-19(23)20-12-4-8-16-24(20)25;1-2-22-14-15-11-12-20-18-9-4-3-7-16(18)17-8-5-6-10-19(17)21(20)13-15;20-12-13-9-10-18-16-7-2-1-5-14(16)15-6-3-4-8-17(15)19(18)11-13;2*1-3-2;1-2-3;8*1-2/h2*1-16H;3-13,22H,2,14H2,1H3;1-11H,12,20H2;2*3H2,1-2H3;2H2,1H3;8*1-2H3. The number of benzene rings is 16. The van der Waals surface area contributed by atoms with E-state index in [-0.39, 0.29) is 10.8 Å². The van der Waals surface area contributed by atoms with Gasteiger partial charge < -0.3 is 11.1 Å². The van der Waals surface area contributed by atoms with Crippen LogP contribution in [0.2, 0.25) is 0 Å². The van der Waals surface area contributed by atoms with E-state index in [1.807, 2.05) is 118 Å². The molecule has 16 aromatic carbocycles. The molecule has 0 bridgehead atoms. The number of fused-ring (bicyclic) bond motifs is 32. The summed E-state index contributed by atoms with van der Waals surface area (Å²) >= 11 is 3.15. The second kappa shape index (κ2) is 49.5. The minimum Gasteiger partial charge on any atom is -0.326 e. The summed E-state index contributed by atoms with van der Waals surface area (Å²) in [5, 5.41) is 20.4. The molecule has 0 atom stereocenters. The van der Waals surface area contributed by atoms with Crippen LogP contribution in [-0.4, -0.2) is 11.9 Å². The number of nitrogens with one attached hydrogen (secondary N) is 1. The first-order valence-corrected chi connectivity index (χ1v) is 45.4. The average Bonchev–Trinajstić information content (AvgIpc) is 1.52. The number of hydrogen-bond donors (Lipinski definition) is 2. The summed E-state index contributed by atoms with van der Waals surface area (Å²) < 4.78 is 0. The van der Waals surface area contributed by atoms with Crippen LogP contribution in [0, 0.1) is 0 Å². The van der Waals surface area contributed by atoms with E-state index in [9.17, 15) is 0 Å². The van der Waals surface area contributed by atoms with Crippen molar-refractivity contribution in [3.63, 3.8) is 0 Å². The van der Waals surface area contributed by atoms with E-state index in [4.69, 9.17) is 5.73 Å². The van der Waals surface area contributed by atoms with Gasteiger partial charge in [0, 0.05) is 18.4 Å². The molecule has 2 nitrogen and oxygen atoms in total. The van der Waals surface area contributed by atoms with Gasteiger partial charge in [0.15, 0.2) is 0 Å². The molecule has 0 unspecified atom stereocenters. The zero-order valence-electron chi connectivity index (χ0n) is 74.9. The first-order valence-electron chi connectivity index (χ1n) is 44.2. The van der Waals surface area contributed by atoms with Gasteiger partial charge in [-0.15, -0.1) is 0 Å². The van der Waals surface area contributed by atoms with Crippen molar-refractivity contribution >= 4 is 80.6 Å².